The van der Waals surface area contributed by atoms with Gasteiger partial charge in [0.05, 0.1) is 12.8 Å². The van der Waals surface area contributed by atoms with Crippen molar-refractivity contribution >= 4 is 23.2 Å². The fraction of sp³-hybridized carbons (Fsp3) is 0.278. The molecule has 2 aromatic carbocycles. The average molecular weight is 334 g/mol. The summed E-state index contributed by atoms with van der Waals surface area (Å²) in [6.07, 6.45) is 0. The molecule has 5 heteroatoms. The van der Waals surface area contributed by atoms with Crippen LogP contribution in [0.5, 0.6) is 11.5 Å². The minimum atomic E-state index is -0.248. The van der Waals surface area contributed by atoms with Crippen LogP contribution in [0.2, 0.25) is 5.02 Å². The number of hydrogen-bond donors (Lipinski definition) is 1. The Balaban J connectivity index is 2.05. The van der Waals surface area contributed by atoms with Gasteiger partial charge in [-0.1, -0.05) is 17.7 Å². The van der Waals surface area contributed by atoms with Crippen LogP contribution in [0.1, 0.15) is 16.7 Å². The van der Waals surface area contributed by atoms with Gasteiger partial charge in [0.15, 0.2) is 6.61 Å². The number of nitrogens with one attached hydrogen (secondary N) is 1. The number of benzene rings is 2. The zero-order valence-electron chi connectivity index (χ0n) is 13.7. The molecule has 2 rings (SSSR count). The molecular weight excluding hydrogens is 314 g/mol. The molecule has 0 saturated heterocycles. The van der Waals surface area contributed by atoms with Crippen LogP contribution in [-0.4, -0.2) is 19.6 Å². The van der Waals surface area contributed by atoms with E-state index in [2.05, 4.69) is 5.32 Å². The molecule has 0 saturated carbocycles. The molecule has 0 fully saturated rings. The molecule has 0 radical (unpaired) electrons. The lowest BCUT2D eigenvalue weighted by molar-refractivity contribution is -0.118. The van der Waals surface area contributed by atoms with Crippen LogP contribution in [0.3, 0.4) is 0 Å². The van der Waals surface area contributed by atoms with Crippen molar-refractivity contribution in [1.29, 1.82) is 0 Å². The number of rotatable bonds is 5. The monoisotopic (exact) mass is 333 g/mol. The van der Waals surface area contributed by atoms with Crippen molar-refractivity contribution in [2.24, 2.45) is 0 Å². The fourth-order valence-electron chi connectivity index (χ4n) is 2.37. The zero-order valence-corrected chi connectivity index (χ0v) is 14.5. The van der Waals surface area contributed by atoms with Crippen molar-refractivity contribution in [3.8, 4) is 11.5 Å². The molecule has 0 aliphatic heterocycles. The molecule has 1 amide bonds. The Bertz CT molecular complexity index is 705. The van der Waals surface area contributed by atoms with E-state index in [-0.39, 0.29) is 12.5 Å². The number of halogens is 1. The van der Waals surface area contributed by atoms with E-state index in [9.17, 15) is 4.79 Å². The molecule has 2 aromatic rings. The molecule has 0 bridgehead atoms. The Morgan fingerprint density at radius 1 is 1.13 bits per heavy atom. The summed E-state index contributed by atoms with van der Waals surface area (Å²) < 4.78 is 10.9. The van der Waals surface area contributed by atoms with E-state index in [1.165, 1.54) is 0 Å². The zero-order chi connectivity index (χ0) is 17.0. The van der Waals surface area contributed by atoms with E-state index >= 15 is 0 Å². The second kappa shape index (κ2) is 7.38. The lowest BCUT2D eigenvalue weighted by atomic mass is 10.1. The average Bonchev–Trinajstić information content (AvgIpc) is 2.46. The summed E-state index contributed by atoms with van der Waals surface area (Å²) in [5, 5.41) is 3.46. The van der Waals surface area contributed by atoms with Crippen molar-refractivity contribution in [3.05, 3.63) is 52.0 Å². The fourth-order valence-corrected chi connectivity index (χ4v) is 2.70. The number of carbonyl (C=O) groups excluding carboxylic acids is 1. The number of anilines is 1. The largest absolute Gasteiger partial charge is 0.495 e. The number of hydrogen-bond acceptors (Lipinski definition) is 3. The summed E-state index contributed by atoms with van der Waals surface area (Å²) in [7, 11) is 1.57. The lowest BCUT2D eigenvalue weighted by Gasteiger charge is -2.14. The van der Waals surface area contributed by atoms with Gasteiger partial charge in [0.25, 0.3) is 5.91 Å². The first-order chi connectivity index (χ1) is 10.9. The first-order valence-corrected chi connectivity index (χ1v) is 7.62. The quantitative estimate of drug-likeness (QED) is 0.887. The normalized spacial score (nSPS) is 10.3. The third-order valence-electron chi connectivity index (χ3n) is 3.40. The molecule has 122 valence electrons. The maximum Gasteiger partial charge on any atom is 0.262 e. The molecule has 1 N–H and O–H groups in total. The minimum Gasteiger partial charge on any atom is -0.495 e. The predicted octanol–water partition coefficient (Wildman–Crippen LogP) is 4.29. The molecule has 0 unspecified atom stereocenters. The SMILES string of the molecule is COc1ccc(C)cc1NC(=O)COc1c(C)cc(Cl)cc1C. The summed E-state index contributed by atoms with van der Waals surface area (Å²) in [5.74, 6) is 1.05. The van der Waals surface area contributed by atoms with E-state index < -0.39 is 0 Å². The van der Waals surface area contributed by atoms with Gasteiger partial charge in [-0.25, -0.2) is 0 Å². The van der Waals surface area contributed by atoms with Crippen LogP contribution < -0.4 is 14.8 Å². The third-order valence-corrected chi connectivity index (χ3v) is 3.62. The Kier molecular flexibility index (Phi) is 5.50. The Hall–Kier alpha value is -2.20. The van der Waals surface area contributed by atoms with Gasteiger partial charge >= 0.3 is 0 Å². The first kappa shape index (κ1) is 17.2. The summed E-state index contributed by atoms with van der Waals surface area (Å²) in [5.41, 5.74) is 3.46. The van der Waals surface area contributed by atoms with Crippen molar-refractivity contribution in [2.75, 3.05) is 19.0 Å². The topological polar surface area (TPSA) is 47.6 Å². The summed E-state index contributed by atoms with van der Waals surface area (Å²) in [6.45, 7) is 5.66. The second-order valence-electron chi connectivity index (χ2n) is 5.41. The molecule has 0 heterocycles. The molecule has 0 spiro atoms. The second-order valence-corrected chi connectivity index (χ2v) is 5.85. The van der Waals surface area contributed by atoms with E-state index in [1.807, 2.05) is 51.1 Å². The number of aryl methyl sites for hydroxylation is 3. The van der Waals surface area contributed by atoms with Crippen LogP contribution >= 0.6 is 11.6 Å². The van der Waals surface area contributed by atoms with Crippen LogP contribution in [0, 0.1) is 20.8 Å². The van der Waals surface area contributed by atoms with Crippen LogP contribution in [0.15, 0.2) is 30.3 Å². The van der Waals surface area contributed by atoms with Crippen LogP contribution in [0.25, 0.3) is 0 Å². The van der Waals surface area contributed by atoms with Gasteiger partial charge in [-0.2, -0.15) is 0 Å². The first-order valence-electron chi connectivity index (χ1n) is 7.24. The number of amides is 1. The molecular formula is C18H20ClNO3. The number of ether oxygens (including phenoxy) is 2. The van der Waals surface area contributed by atoms with Crippen LogP contribution in [0.4, 0.5) is 5.69 Å². The highest BCUT2D eigenvalue weighted by atomic mass is 35.5. The predicted molar refractivity (Wildman–Crippen MR) is 92.8 cm³/mol. The Labute approximate surface area is 141 Å². The summed E-state index contributed by atoms with van der Waals surface area (Å²) in [4.78, 5) is 12.1. The molecule has 0 aliphatic carbocycles. The molecule has 0 atom stereocenters. The smallest absolute Gasteiger partial charge is 0.262 e. The van der Waals surface area contributed by atoms with Crippen molar-refractivity contribution < 1.29 is 14.3 Å². The van der Waals surface area contributed by atoms with Crippen molar-refractivity contribution in [3.63, 3.8) is 0 Å². The van der Waals surface area contributed by atoms with E-state index in [0.717, 1.165) is 16.7 Å². The molecule has 23 heavy (non-hydrogen) atoms. The van der Waals surface area contributed by atoms with E-state index in [1.54, 1.807) is 7.11 Å². The van der Waals surface area contributed by atoms with Crippen LogP contribution in [-0.2, 0) is 4.79 Å². The highest BCUT2D eigenvalue weighted by Gasteiger charge is 2.11. The van der Waals surface area contributed by atoms with Gasteiger partial charge in [-0.3, -0.25) is 4.79 Å². The van der Waals surface area contributed by atoms with E-state index in [0.29, 0.717) is 22.2 Å². The lowest BCUT2D eigenvalue weighted by Crippen LogP contribution is -2.21. The number of methoxy groups -OCH3 is 1. The third kappa shape index (κ3) is 4.39. The van der Waals surface area contributed by atoms with Gasteiger partial charge < -0.3 is 14.8 Å². The highest BCUT2D eigenvalue weighted by molar-refractivity contribution is 6.30. The van der Waals surface area contributed by atoms with Gasteiger partial charge in [-0.15, -0.1) is 0 Å². The molecule has 0 aliphatic rings. The standard InChI is InChI=1S/C18H20ClNO3/c1-11-5-6-16(22-4)15(7-11)20-17(21)10-23-18-12(2)8-14(19)9-13(18)3/h5-9H,10H2,1-4H3,(H,20,21). The van der Waals surface area contributed by atoms with Gasteiger partial charge in [0.1, 0.15) is 11.5 Å². The highest BCUT2D eigenvalue weighted by Crippen LogP contribution is 2.28. The Morgan fingerprint density at radius 2 is 1.78 bits per heavy atom. The summed E-state index contributed by atoms with van der Waals surface area (Å²) in [6, 6.07) is 9.22. The van der Waals surface area contributed by atoms with Crippen molar-refractivity contribution in [2.45, 2.75) is 20.8 Å². The molecule has 0 aromatic heterocycles. The van der Waals surface area contributed by atoms with E-state index in [4.69, 9.17) is 21.1 Å². The van der Waals surface area contributed by atoms with Crippen molar-refractivity contribution in [1.82, 2.24) is 0 Å². The molecule has 4 nitrogen and oxygen atoms in total. The van der Waals surface area contributed by atoms with Gasteiger partial charge in [0, 0.05) is 5.02 Å². The van der Waals surface area contributed by atoms with Gasteiger partial charge in [0.2, 0.25) is 0 Å². The summed E-state index contributed by atoms with van der Waals surface area (Å²) >= 11 is 5.99. The number of carbonyl (C=O) groups is 1. The van der Waals surface area contributed by atoms with Gasteiger partial charge in [-0.05, 0) is 61.7 Å². The maximum absolute atomic E-state index is 12.1. The Morgan fingerprint density at radius 3 is 2.39 bits per heavy atom. The maximum atomic E-state index is 12.1. The minimum absolute atomic E-state index is 0.0829.